The normalized spacial score (nSPS) is 14.8. The molecule has 1 aliphatic rings. The van der Waals surface area contributed by atoms with Crippen molar-refractivity contribution in [1.82, 2.24) is 0 Å². The third-order valence-electron chi connectivity index (χ3n) is 4.28. The van der Waals surface area contributed by atoms with E-state index >= 15 is 0 Å². The average molecular weight is 250 g/mol. The van der Waals surface area contributed by atoms with E-state index in [1.54, 1.807) is 6.07 Å². The Balaban J connectivity index is 2.16. The molecule has 94 valence electrons. The van der Waals surface area contributed by atoms with Gasteiger partial charge in [-0.2, -0.15) is 0 Å². The molecule has 0 amide bonds. The average Bonchev–Trinajstić information content (AvgIpc) is 2.46. The van der Waals surface area contributed by atoms with Crippen molar-refractivity contribution in [2.24, 2.45) is 0 Å². The number of rotatable bonds is 0. The molecular formula is C18H15F. The highest BCUT2D eigenvalue weighted by atomic mass is 19.1. The number of aryl methyl sites for hydroxylation is 2. The topological polar surface area (TPSA) is 0 Å². The number of fused-ring (bicyclic) bond motifs is 4. The number of hydrogen-bond acceptors (Lipinski definition) is 0. The van der Waals surface area contributed by atoms with Gasteiger partial charge >= 0.3 is 0 Å². The molecule has 0 N–H and O–H groups in total. The number of hydrogen-bond donors (Lipinski definition) is 0. The number of halogens is 1. The fourth-order valence-electron chi connectivity index (χ4n) is 3.31. The van der Waals surface area contributed by atoms with E-state index in [2.05, 4.69) is 12.1 Å². The second-order valence-corrected chi connectivity index (χ2v) is 5.45. The van der Waals surface area contributed by atoms with Gasteiger partial charge in [0, 0.05) is 5.39 Å². The zero-order valence-corrected chi connectivity index (χ0v) is 10.7. The number of benzene rings is 3. The summed E-state index contributed by atoms with van der Waals surface area (Å²) in [5.74, 6) is -0.0681. The van der Waals surface area contributed by atoms with Gasteiger partial charge in [-0.05, 0) is 71.2 Å². The minimum absolute atomic E-state index is 0.0681. The van der Waals surface area contributed by atoms with Gasteiger partial charge in [-0.3, -0.25) is 0 Å². The maximum Gasteiger partial charge on any atom is 0.131 e. The SMILES string of the molecule is Fc1cc2c(c3cc4ccccc4cc13)CCCC2. The maximum atomic E-state index is 14.3. The van der Waals surface area contributed by atoms with Crippen LogP contribution in [0.1, 0.15) is 24.0 Å². The molecule has 0 atom stereocenters. The van der Waals surface area contributed by atoms with E-state index in [0.29, 0.717) is 0 Å². The molecule has 3 aromatic rings. The molecule has 0 fully saturated rings. The van der Waals surface area contributed by atoms with E-state index < -0.39 is 0 Å². The van der Waals surface area contributed by atoms with Gasteiger partial charge < -0.3 is 0 Å². The quantitative estimate of drug-likeness (QED) is 0.492. The summed E-state index contributed by atoms with van der Waals surface area (Å²) in [4.78, 5) is 0. The van der Waals surface area contributed by atoms with Crippen LogP contribution in [-0.4, -0.2) is 0 Å². The van der Waals surface area contributed by atoms with Crippen LogP contribution in [0.5, 0.6) is 0 Å². The van der Waals surface area contributed by atoms with Crippen molar-refractivity contribution in [3.05, 3.63) is 59.4 Å². The smallest absolute Gasteiger partial charge is 0.131 e. The fraction of sp³-hybridized carbons (Fsp3) is 0.222. The van der Waals surface area contributed by atoms with Crippen LogP contribution in [0.4, 0.5) is 4.39 Å². The van der Waals surface area contributed by atoms with Crippen molar-refractivity contribution in [2.75, 3.05) is 0 Å². The van der Waals surface area contributed by atoms with Crippen LogP contribution in [0.25, 0.3) is 21.5 Å². The van der Waals surface area contributed by atoms with Crippen molar-refractivity contribution in [3.8, 4) is 0 Å². The molecule has 0 saturated heterocycles. The molecule has 0 aromatic heterocycles. The first-order valence-corrected chi connectivity index (χ1v) is 6.96. The second-order valence-electron chi connectivity index (χ2n) is 5.45. The van der Waals surface area contributed by atoms with Gasteiger partial charge in [-0.15, -0.1) is 0 Å². The molecule has 0 bridgehead atoms. The molecule has 0 nitrogen and oxygen atoms in total. The summed E-state index contributed by atoms with van der Waals surface area (Å²) in [6, 6.07) is 14.1. The van der Waals surface area contributed by atoms with Crippen molar-refractivity contribution >= 4 is 21.5 Å². The van der Waals surface area contributed by atoms with E-state index in [1.807, 2.05) is 24.3 Å². The first-order valence-electron chi connectivity index (χ1n) is 6.96. The lowest BCUT2D eigenvalue weighted by Gasteiger charge is -2.19. The zero-order valence-electron chi connectivity index (χ0n) is 10.7. The summed E-state index contributed by atoms with van der Waals surface area (Å²) in [5, 5.41) is 4.21. The van der Waals surface area contributed by atoms with Gasteiger partial charge in [0.2, 0.25) is 0 Å². The highest BCUT2D eigenvalue weighted by molar-refractivity contribution is 6.00. The predicted octanol–water partition coefficient (Wildman–Crippen LogP) is 5.01. The van der Waals surface area contributed by atoms with Gasteiger partial charge in [0.1, 0.15) is 5.82 Å². The van der Waals surface area contributed by atoms with Crippen LogP contribution in [0.2, 0.25) is 0 Å². The lowest BCUT2D eigenvalue weighted by atomic mass is 9.86. The predicted molar refractivity (Wildman–Crippen MR) is 78.1 cm³/mol. The Morgan fingerprint density at radius 2 is 1.47 bits per heavy atom. The summed E-state index contributed by atoms with van der Waals surface area (Å²) in [5.41, 5.74) is 2.58. The Bertz CT molecular complexity index is 786. The molecule has 0 unspecified atom stereocenters. The summed E-state index contributed by atoms with van der Waals surface area (Å²) < 4.78 is 14.3. The van der Waals surface area contributed by atoms with Crippen LogP contribution in [0, 0.1) is 5.82 Å². The highest BCUT2D eigenvalue weighted by Crippen LogP contribution is 2.33. The van der Waals surface area contributed by atoms with E-state index in [4.69, 9.17) is 0 Å². The van der Waals surface area contributed by atoms with Gasteiger partial charge in [-0.25, -0.2) is 4.39 Å². The Kier molecular flexibility index (Phi) is 2.34. The molecule has 0 heterocycles. The molecule has 1 aliphatic carbocycles. The van der Waals surface area contributed by atoms with Crippen LogP contribution < -0.4 is 0 Å². The monoisotopic (exact) mass is 250 g/mol. The third kappa shape index (κ3) is 1.65. The Morgan fingerprint density at radius 3 is 2.26 bits per heavy atom. The molecule has 0 aliphatic heterocycles. The van der Waals surface area contributed by atoms with Crippen molar-refractivity contribution in [2.45, 2.75) is 25.7 Å². The van der Waals surface area contributed by atoms with E-state index in [1.165, 1.54) is 29.4 Å². The standard InChI is InChI=1S/C18H15F/c19-18-11-14-7-3-4-8-15(14)16-9-12-5-1-2-6-13(12)10-17(16)18/h1-2,5-6,9-11H,3-4,7-8H2. The Hall–Kier alpha value is -1.89. The van der Waals surface area contributed by atoms with Crippen LogP contribution in [0.15, 0.2) is 42.5 Å². The maximum absolute atomic E-state index is 14.3. The minimum atomic E-state index is -0.0681. The second kappa shape index (κ2) is 4.06. The molecule has 0 saturated carbocycles. The Labute approximate surface area is 111 Å². The lowest BCUT2D eigenvalue weighted by molar-refractivity contribution is 0.627. The first-order chi connectivity index (χ1) is 9.33. The largest absolute Gasteiger partial charge is 0.206 e. The summed E-state index contributed by atoms with van der Waals surface area (Å²) in [6.07, 6.45) is 4.52. The molecule has 1 heteroatoms. The minimum Gasteiger partial charge on any atom is -0.206 e. The van der Waals surface area contributed by atoms with Crippen LogP contribution in [-0.2, 0) is 12.8 Å². The molecule has 0 radical (unpaired) electrons. The van der Waals surface area contributed by atoms with E-state index in [0.717, 1.165) is 29.0 Å². The third-order valence-corrected chi connectivity index (χ3v) is 4.28. The summed E-state index contributed by atoms with van der Waals surface area (Å²) in [6.45, 7) is 0. The zero-order chi connectivity index (χ0) is 12.8. The van der Waals surface area contributed by atoms with Crippen molar-refractivity contribution in [3.63, 3.8) is 0 Å². The molecule has 3 aromatic carbocycles. The van der Waals surface area contributed by atoms with E-state index in [9.17, 15) is 4.39 Å². The Morgan fingerprint density at radius 1 is 0.789 bits per heavy atom. The highest BCUT2D eigenvalue weighted by Gasteiger charge is 2.15. The fourth-order valence-corrected chi connectivity index (χ4v) is 3.31. The summed E-state index contributed by atoms with van der Waals surface area (Å²) in [7, 11) is 0. The van der Waals surface area contributed by atoms with Gasteiger partial charge in [0.25, 0.3) is 0 Å². The van der Waals surface area contributed by atoms with Crippen LogP contribution >= 0.6 is 0 Å². The first kappa shape index (κ1) is 11.0. The molecule has 4 rings (SSSR count). The summed E-state index contributed by atoms with van der Waals surface area (Å²) >= 11 is 0. The van der Waals surface area contributed by atoms with E-state index in [-0.39, 0.29) is 5.82 Å². The van der Waals surface area contributed by atoms with Gasteiger partial charge in [-0.1, -0.05) is 24.3 Å². The molecule has 0 spiro atoms. The lowest BCUT2D eigenvalue weighted by Crippen LogP contribution is -2.04. The molecular weight excluding hydrogens is 235 g/mol. The van der Waals surface area contributed by atoms with Gasteiger partial charge in [0.05, 0.1) is 0 Å². The molecule has 19 heavy (non-hydrogen) atoms. The van der Waals surface area contributed by atoms with Gasteiger partial charge in [0.15, 0.2) is 0 Å². The van der Waals surface area contributed by atoms with Crippen LogP contribution in [0.3, 0.4) is 0 Å². The van der Waals surface area contributed by atoms with Crippen molar-refractivity contribution in [1.29, 1.82) is 0 Å². The van der Waals surface area contributed by atoms with Crippen molar-refractivity contribution < 1.29 is 4.39 Å².